The molecule has 0 aliphatic carbocycles. The van der Waals surface area contributed by atoms with Crippen LogP contribution in [0.15, 0.2) is 34.1 Å². The van der Waals surface area contributed by atoms with Crippen LogP contribution in [0.25, 0.3) is 0 Å². The number of aliphatic imine (C=N–C) groups is 1. The number of nitrogens with one attached hydrogen (secondary N) is 1. The molecule has 0 aliphatic rings. The third kappa shape index (κ3) is 4.56. The van der Waals surface area contributed by atoms with E-state index in [-0.39, 0.29) is 12.4 Å². The highest BCUT2D eigenvalue weighted by atomic mass is 79.9. The van der Waals surface area contributed by atoms with Gasteiger partial charge in [-0.2, -0.15) is 8.78 Å². The highest BCUT2D eigenvalue weighted by Crippen LogP contribution is 2.15. The van der Waals surface area contributed by atoms with Gasteiger partial charge in [0.15, 0.2) is 5.96 Å². The van der Waals surface area contributed by atoms with Crippen LogP contribution in [-0.4, -0.2) is 38.6 Å². The number of alkyl halides is 2. The topological polar surface area (TPSA) is 50.4 Å². The summed E-state index contributed by atoms with van der Waals surface area (Å²) in [5.41, 5.74) is 1.10. The maximum absolute atomic E-state index is 12.9. The minimum absolute atomic E-state index is 0.0842. The van der Waals surface area contributed by atoms with Gasteiger partial charge in [-0.1, -0.05) is 0 Å². The van der Waals surface area contributed by atoms with Gasteiger partial charge < -0.3 is 14.8 Å². The van der Waals surface area contributed by atoms with E-state index in [2.05, 4.69) is 31.2 Å². The number of rotatable bonds is 6. The predicted octanol–water partition coefficient (Wildman–Crippen LogP) is 2.98. The number of aromatic nitrogens is 3. The minimum Gasteiger partial charge on any atom is -0.357 e. The quantitative estimate of drug-likeness (QED) is 0.596. The molecule has 0 bridgehead atoms. The molecule has 2 heterocycles. The van der Waals surface area contributed by atoms with Gasteiger partial charge in [0.25, 0.3) is 0 Å². The fourth-order valence-corrected chi connectivity index (χ4v) is 2.87. The number of imidazole rings is 1. The van der Waals surface area contributed by atoms with Crippen molar-refractivity contribution in [3.05, 3.63) is 40.6 Å². The van der Waals surface area contributed by atoms with Crippen LogP contribution in [-0.2, 0) is 20.1 Å². The Morgan fingerprint density at radius 1 is 1.50 bits per heavy atom. The van der Waals surface area contributed by atoms with Crippen LogP contribution < -0.4 is 5.32 Å². The number of halogens is 3. The SMILES string of the molecule is CCNC(=NCc1nccn1C(F)F)N(C)Cc1cc(Br)cn1C. The molecular formula is C15H21BrF2N6. The van der Waals surface area contributed by atoms with Gasteiger partial charge in [0, 0.05) is 49.4 Å². The van der Waals surface area contributed by atoms with Crippen LogP contribution >= 0.6 is 15.9 Å². The first-order valence-corrected chi connectivity index (χ1v) is 8.31. The summed E-state index contributed by atoms with van der Waals surface area (Å²) in [6, 6.07) is 2.03. The lowest BCUT2D eigenvalue weighted by Gasteiger charge is -2.22. The van der Waals surface area contributed by atoms with E-state index in [0.29, 0.717) is 19.0 Å². The second kappa shape index (κ2) is 8.27. The largest absolute Gasteiger partial charge is 0.357 e. The van der Waals surface area contributed by atoms with E-state index in [1.165, 1.54) is 12.4 Å². The number of guanidine groups is 1. The van der Waals surface area contributed by atoms with Crippen LogP contribution in [0.1, 0.15) is 25.0 Å². The molecule has 1 N–H and O–H groups in total. The number of hydrogen-bond acceptors (Lipinski definition) is 2. The van der Waals surface area contributed by atoms with E-state index in [1.807, 2.05) is 42.7 Å². The van der Waals surface area contributed by atoms with Crippen molar-refractivity contribution in [2.45, 2.75) is 26.6 Å². The molecule has 0 saturated carbocycles. The van der Waals surface area contributed by atoms with Gasteiger partial charge in [0.05, 0.1) is 6.54 Å². The molecule has 0 fully saturated rings. The van der Waals surface area contributed by atoms with Gasteiger partial charge in [-0.05, 0) is 28.9 Å². The third-order valence-electron chi connectivity index (χ3n) is 3.50. The van der Waals surface area contributed by atoms with E-state index in [1.54, 1.807) is 0 Å². The Balaban J connectivity index is 2.12. The standard InChI is InChI=1S/C15H21BrF2N6/c1-4-19-15(21-8-13-20-5-6-24(13)14(17)18)23(3)10-12-7-11(16)9-22(12)2/h5-7,9,14H,4,8,10H2,1-3H3,(H,19,21). The predicted molar refractivity (Wildman–Crippen MR) is 92.9 cm³/mol. The van der Waals surface area contributed by atoms with Gasteiger partial charge in [0.1, 0.15) is 12.4 Å². The average molecular weight is 403 g/mol. The van der Waals surface area contributed by atoms with Crippen molar-refractivity contribution in [2.24, 2.45) is 12.0 Å². The van der Waals surface area contributed by atoms with Crippen molar-refractivity contribution in [3.63, 3.8) is 0 Å². The fraction of sp³-hybridized carbons (Fsp3) is 0.467. The summed E-state index contributed by atoms with van der Waals surface area (Å²) in [5.74, 6) is 0.869. The Bertz CT molecular complexity index is 694. The molecule has 2 aromatic rings. The molecule has 0 spiro atoms. The smallest absolute Gasteiger partial charge is 0.319 e. The third-order valence-corrected chi connectivity index (χ3v) is 3.93. The lowest BCUT2D eigenvalue weighted by atomic mass is 10.4. The van der Waals surface area contributed by atoms with Crippen molar-refractivity contribution in [1.82, 2.24) is 24.3 Å². The minimum atomic E-state index is -2.61. The van der Waals surface area contributed by atoms with Crippen molar-refractivity contribution >= 4 is 21.9 Å². The zero-order chi connectivity index (χ0) is 17.7. The molecular weight excluding hydrogens is 382 g/mol. The second-order valence-electron chi connectivity index (χ2n) is 5.32. The van der Waals surface area contributed by atoms with Crippen LogP contribution in [0.2, 0.25) is 0 Å². The Morgan fingerprint density at radius 3 is 2.83 bits per heavy atom. The van der Waals surface area contributed by atoms with Crippen molar-refractivity contribution in [3.8, 4) is 0 Å². The molecule has 0 atom stereocenters. The monoisotopic (exact) mass is 402 g/mol. The van der Waals surface area contributed by atoms with E-state index in [9.17, 15) is 8.78 Å². The molecule has 0 aromatic carbocycles. The highest BCUT2D eigenvalue weighted by Gasteiger charge is 2.13. The molecule has 9 heteroatoms. The lowest BCUT2D eigenvalue weighted by Crippen LogP contribution is -2.38. The summed E-state index contributed by atoms with van der Waals surface area (Å²) in [7, 11) is 3.87. The number of hydrogen-bond donors (Lipinski definition) is 1. The van der Waals surface area contributed by atoms with Crippen molar-refractivity contribution in [2.75, 3.05) is 13.6 Å². The molecule has 0 saturated heterocycles. The lowest BCUT2D eigenvalue weighted by molar-refractivity contribution is 0.0671. The first-order chi connectivity index (χ1) is 11.4. The van der Waals surface area contributed by atoms with Crippen LogP contribution in [0.5, 0.6) is 0 Å². The summed E-state index contributed by atoms with van der Waals surface area (Å²) < 4.78 is 29.6. The van der Waals surface area contributed by atoms with Crippen molar-refractivity contribution in [1.29, 1.82) is 0 Å². The first-order valence-electron chi connectivity index (χ1n) is 7.52. The van der Waals surface area contributed by atoms with E-state index in [0.717, 1.165) is 14.7 Å². The Kier molecular flexibility index (Phi) is 6.36. The van der Waals surface area contributed by atoms with Gasteiger partial charge >= 0.3 is 6.55 Å². The number of aryl methyl sites for hydroxylation is 1. The van der Waals surface area contributed by atoms with Crippen LogP contribution in [0, 0.1) is 0 Å². The Labute approximate surface area is 148 Å². The van der Waals surface area contributed by atoms with E-state index >= 15 is 0 Å². The van der Waals surface area contributed by atoms with Crippen LogP contribution in [0.4, 0.5) is 8.78 Å². The van der Waals surface area contributed by atoms with Crippen molar-refractivity contribution < 1.29 is 8.78 Å². The number of nitrogens with zero attached hydrogens (tertiary/aromatic N) is 5. The summed E-state index contributed by atoms with van der Waals surface area (Å²) in [4.78, 5) is 10.3. The van der Waals surface area contributed by atoms with Gasteiger partial charge in [0.2, 0.25) is 0 Å². The molecule has 6 nitrogen and oxygen atoms in total. The summed E-state index contributed by atoms with van der Waals surface area (Å²) >= 11 is 3.45. The van der Waals surface area contributed by atoms with Crippen LogP contribution in [0.3, 0.4) is 0 Å². The first kappa shape index (κ1) is 18.4. The summed E-state index contributed by atoms with van der Waals surface area (Å²) in [5, 5.41) is 3.17. The van der Waals surface area contributed by atoms with Gasteiger partial charge in [-0.3, -0.25) is 4.57 Å². The van der Waals surface area contributed by atoms with Gasteiger partial charge in [-0.25, -0.2) is 9.98 Å². The molecule has 2 aromatic heterocycles. The normalized spacial score (nSPS) is 12.0. The zero-order valence-electron chi connectivity index (χ0n) is 13.9. The second-order valence-corrected chi connectivity index (χ2v) is 6.23. The maximum atomic E-state index is 12.9. The van der Waals surface area contributed by atoms with E-state index < -0.39 is 6.55 Å². The van der Waals surface area contributed by atoms with Gasteiger partial charge in [-0.15, -0.1) is 0 Å². The highest BCUT2D eigenvalue weighted by molar-refractivity contribution is 9.10. The maximum Gasteiger partial charge on any atom is 0.319 e. The Morgan fingerprint density at radius 2 is 2.25 bits per heavy atom. The average Bonchev–Trinajstić information content (AvgIpc) is 3.10. The molecule has 132 valence electrons. The zero-order valence-corrected chi connectivity index (χ0v) is 15.5. The van der Waals surface area contributed by atoms with E-state index in [4.69, 9.17) is 0 Å². The fourth-order valence-electron chi connectivity index (χ4n) is 2.30. The molecule has 24 heavy (non-hydrogen) atoms. The molecule has 0 unspecified atom stereocenters. The summed E-state index contributed by atoms with van der Waals surface area (Å²) in [6.45, 7) is 0.753. The molecule has 0 aliphatic heterocycles. The molecule has 0 amide bonds. The summed E-state index contributed by atoms with van der Waals surface area (Å²) in [6.07, 6.45) is 4.59. The molecule has 2 rings (SSSR count). The molecule has 0 radical (unpaired) electrons. The Hall–Kier alpha value is -1.90.